The van der Waals surface area contributed by atoms with Gasteiger partial charge in [-0.25, -0.2) is 4.98 Å². The number of carbonyl (C=O) groups is 1. The summed E-state index contributed by atoms with van der Waals surface area (Å²) in [5.41, 5.74) is 0.746. The van der Waals surface area contributed by atoms with Crippen LogP contribution in [-0.4, -0.2) is 20.4 Å². The molecule has 0 radical (unpaired) electrons. The molecule has 7 heteroatoms. The highest BCUT2D eigenvalue weighted by molar-refractivity contribution is 6.06. The number of rotatable bonds is 5. The van der Waals surface area contributed by atoms with Gasteiger partial charge in [0.05, 0.1) is 17.8 Å². The number of furan rings is 1. The van der Waals surface area contributed by atoms with Crippen molar-refractivity contribution in [3.05, 3.63) is 70.7 Å². The average molecular weight is 324 g/mol. The van der Waals surface area contributed by atoms with E-state index in [1.54, 1.807) is 31.3 Å². The van der Waals surface area contributed by atoms with E-state index < -0.39 is 5.91 Å². The van der Waals surface area contributed by atoms with Gasteiger partial charge >= 0.3 is 0 Å². The number of nitrogens with zero attached hydrogens (tertiary/aromatic N) is 3. The summed E-state index contributed by atoms with van der Waals surface area (Å²) in [6.07, 6.45) is 4.62. The Hall–Kier alpha value is -3.22. The number of pyridine rings is 1. The first-order valence-corrected chi connectivity index (χ1v) is 7.39. The molecular formula is C17H16N4O3. The number of amides is 1. The number of allylic oxidation sites excluding steroid dienone is 1. The second kappa shape index (κ2) is 6.49. The molecule has 0 fully saturated rings. The summed E-state index contributed by atoms with van der Waals surface area (Å²) in [4.78, 5) is 33.3. The van der Waals surface area contributed by atoms with Crippen molar-refractivity contribution in [1.82, 2.24) is 19.9 Å². The largest absolute Gasteiger partial charge is 0.442 e. The Kier molecular flexibility index (Phi) is 4.24. The zero-order valence-corrected chi connectivity index (χ0v) is 13.2. The molecule has 0 aromatic carbocycles. The third-order valence-corrected chi connectivity index (χ3v) is 3.56. The van der Waals surface area contributed by atoms with Crippen LogP contribution in [0.25, 0.3) is 11.1 Å². The van der Waals surface area contributed by atoms with Crippen molar-refractivity contribution in [2.75, 3.05) is 0 Å². The van der Waals surface area contributed by atoms with E-state index in [9.17, 15) is 9.59 Å². The first-order valence-electron chi connectivity index (χ1n) is 7.39. The van der Waals surface area contributed by atoms with Gasteiger partial charge in [-0.3, -0.25) is 19.1 Å². The van der Waals surface area contributed by atoms with Gasteiger partial charge in [0.2, 0.25) is 5.71 Å². The Morgan fingerprint density at radius 2 is 2.25 bits per heavy atom. The number of hydrogen-bond donors (Lipinski definition) is 1. The summed E-state index contributed by atoms with van der Waals surface area (Å²) in [6, 6.07) is 5.44. The maximum absolute atomic E-state index is 12.6. The molecule has 0 aliphatic rings. The molecule has 1 amide bonds. The molecule has 3 aromatic rings. The van der Waals surface area contributed by atoms with E-state index >= 15 is 0 Å². The molecule has 1 N–H and O–H groups in total. The van der Waals surface area contributed by atoms with E-state index in [4.69, 9.17) is 4.42 Å². The van der Waals surface area contributed by atoms with Crippen LogP contribution in [0.15, 0.2) is 52.6 Å². The summed E-state index contributed by atoms with van der Waals surface area (Å²) in [7, 11) is 0. The topological polar surface area (TPSA) is 90.0 Å². The van der Waals surface area contributed by atoms with Crippen LogP contribution in [0.5, 0.6) is 0 Å². The SMILES string of the molecule is C=CCn1cnc2oc(C)c(C(=O)NCc3ccccn3)c2c1=O. The zero-order chi connectivity index (χ0) is 17.1. The van der Waals surface area contributed by atoms with E-state index in [-0.39, 0.29) is 28.8 Å². The number of hydrogen-bond acceptors (Lipinski definition) is 5. The molecule has 3 aromatic heterocycles. The van der Waals surface area contributed by atoms with Crippen molar-refractivity contribution in [2.45, 2.75) is 20.0 Å². The average Bonchev–Trinajstić information content (AvgIpc) is 2.93. The Labute approximate surface area is 137 Å². The number of carbonyl (C=O) groups excluding carboxylic acids is 1. The van der Waals surface area contributed by atoms with Crippen molar-refractivity contribution in [3.8, 4) is 0 Å². The summed E-state index contributed by atoms with van der Waals surface area (Å²) in [5, 5.41) is 2.93. The van der Waals surface area contributed by atoms with E-state index in [0.29, 0.717) is 12.3 Å². The highest BCUT2D eigenvalue weighted by Gasteiger charge is 2.22. The van der Waals surface area contributed by atoms with Gasteiger partial charge in [0.1, 0.15) is 17.5 Å². The quantitative estimate of drug-likeness (QED) is 0.723. The maximum Gasteiger partial charge on any atom is 0.265 e. The van der Waals surface area contributed by atoms with Gasteiger partial charge in [-0.15, -0.1) is 6.58 Å². The molecule has 7 nitrogen and oxygen atoms in total. The number of aryl methyl sites for hydroxylation is 1. The van der Waals surface area contributed by atoms with Crippen LogP contribution in [-0.2, 0) is 13.1 Å². The smallest absolute Gasteiger partial charge is 0.265 e. The zero-order valence-electron chi connectivity index (χ0n) is 13.2. The maximum atomic E-state index is 12.6. The van der Waals surface area contributed by atoms with Crippen LogP contribution < -0.4 is 10.9 Å². The summed E-state index contributed by atoms with van der Waals surface area (Å²) >= 11 is 0. The lowest BCUT2D eigenvalue weighted by Gasteiger charge is -2.05. The number of nitrogens with one attached hydrogen (secondary N) is 1. The van der Waals surface area contributed by atoms with Crippen molar-refractivity contribution in [1.29, 1.82) is 0 Å². The molecule has 0 aliphatic carbocycles. The summed E-state index contributed by atoms with van der Waals surface area (Å²) in [6.45, 7) is 5.80. The van der Waals surface area contributed by atoms with Crippen molar-refractivity contribution < 1.29 is 9.21 Å². The Balaban J connectivity index is 1.97. The van der Waals surface area contributed by atoms with Crippen LogP contribution in [0.1, 0.15) is 21.8 Å². The van der Waals surface area contributed by atoms with E-state index in [2.05, 4.69) is 21.9 Å². The van der Waals surface area contributed by atoms with E-state index in [0.717, 1.165) is 5.69 Å². The van der Waals surface area contributed by atoms with Gasteiger partial charge < -0.3 is 9.73 Å². The molecule has 0 atom stereocenters. The molecular weight excluding hydrogens is 308 g/mol. The minimum absolute atomic E-state index is 0.154. The molecule has 122 valence electrons. The van der Waals surface area contributed by atoms with E-state index in [1.165, 1.54) is 10.9 Å². The Bertz CT molecular complexity index is 957. The second-order valence-electron chi connectivity index (χ2n) is 5.21. The van der Waals surface area contributed by atoms with Crippen molar-refractivity contribution in [3.63, 3.8) is 0 Å². The third kappa shape index (κ3) is 2.83. The first-order chi connectivity index (χ1) is 11.6. The molecule has 0 saturated heterocycles. The normalized spacial score (nSPS) is 10.7. The predicted octanol–water partition coefficient (Wildman–Crippen LogP) is 1.81. The minimum atomic E-state index is -0.396. The van der Waals surface area contributed by atoms with Gasteiger partial charge in [0.25, 0.3) is 11.5 Å². The van der Waals surface area contributed by atoms with Gasteiger partial charge in [-0.1, -0.05) is 12.1 Å². The summed E-state index contributed by atoms with van der Waals surface area (Å²) < 4.78 is 6.83. The van der Waals surface area contributed by atoms with Crippen molar-refractivity contribution >= 4 is 17.0 Å². The van der Waals surface area contributed by atoms with Crippen LogP contribution in [0.2, 0.25) is 0 Å². The molecule has 0 unspecified atom stereocenters. The van der Waals surface area contributed by atoms with Gasteiger partial charge in [-0.2, -0.15) is 0 Å². The Morgan fingerprint density at radius 1 is 1.42 bits per heavy atom. The Morgan fingerprint density at radius 3 is 2.96 bits per heavy atom. The van der Waals surface area contributed by atoms with Gasteiger partial charge in [0, 0.05) is 12.7 Å². The fraction of sp³-hybridized carbons (Fsp3) is 0.176. The number of aromatic nitrogens is 3. The first kappa shape index (κ1) is 15.7. The van der Waals surface area contributed by atoms with Crippen LogP contribution in [0, 0.1) is 6.92 Å². The monoisotopic (exact) mass is 324 g/mol. The molecule has 0 spiro atoms. The third-order valence-electron chi connectivity index (χ3n) is 3.56. The fourth-order valence-electron chi connectivity index (χ4n) is 2.44. The lowest BCUT2D eigenvalue weighted by atomic mass is 10.1. The standard InChI is InChI=1S/C17H16N4O3/c1-3-8-21-10-20-16-14(17(21)23)13(11(2)24-16)15(22)19-9-12-6-4-5-7-18-12/h3-7,10H,1,8-9H2,2H3,(H,19,22). The molecule has 24 heavy (non-hydrogen) atoms. The van der Waals surface area contributed by atoms with Crippen LogP contribution >= 0.6 is 0 Å². The predicted molar refractivity (Wildman–Crippen MR) is 88.6 cm³/mol. The highest BCUT2D eigenvalue weighted by atomic mass is 16.3. The molecule has 0 saturated carbocycles. The lowest BCUT2D eigenvalue weighted by molar-refractivity contribution is 0.0950. The molecule has 0 aliphatic heterocycles. The number of fused-ring (bicyclic) bond motifs is 1. The minimum Gasteiger partial charge on any atom is -0.442 e. The fourth-order valence-corrected chi connectivity index (χ4v) is 2.44. The van der Waals surface area contributed by atoms with Gasteiger partial charge in [0.15, 0.2) is 0 Å². The lowest BCUT2D eigenvalue weighted by Crippen LogP contribution is -2.26. The van der Waals surface area contributed by atoms with Gasteiger partial charge in [-0.05, 0) is 19.1 Å². The second-order valence-corrected chi connectivity index (χ2v) is 5.21. The molecule has 3 heterocycles. The van der Waals surface area contributed by atoms with Crippen molar-refractivity contribution in [2.24, 2.45) is 0 Å². The van der Waals surface area contributed by atoms with E-state index in [1.807, 2.05) is 6.07 Å². The summed E-state index contributed by atoms with van der Waals surface area (Å²) in [5.74, 6) is -0.0448. The molecule has 3 rings (SSSR count). The molecule has 0 bridgehead atoms. The van der Waals surface area contributed by atoms with Crippen LogP contribution in [0.4, 0.5) is 0 Å². The highest BCUT2D eigenvalue weighted by Crippen LogP contribution is 2.20. The van der Waals surface area contributed by atoms with Crippen LogP contribution in [0.3, 0.4) is 0 Å².